The summed E-state index contributed by atoms with van der Waals surface area (Å²) in [5, 5.41) is 0. The lowest BCUT2D eigenvalue weighted by Crippen LogP contribution is -2.55. The molecule has 2 fully saturated rings. The van der Waals surface area contributed by atoms with Crippen LogP contribution < -0.4 is 0 Å². The van der Waals surface area contributed by atoms with E-state index >= 15 is 0 Å². The standard InChI is InChI=1S/C25H40O5Si/c1-14-10-11-17-21(26)19-16(12-15(13-18(19)27-6)30-31(7,8)9)22-23(20(14)24(17,2)3)29-25(4,5)28-22/h13,16-19,22-23H,10-12H2,1-9H3/t16-,17+,18?,19+,22-,23+/m1/s1. The van der Waals surface area contributed by atoms with Crippen LogP contribution in [0.1, 0.15) is 53.9 Å². The Labute approximate surface area is 188 Å². The molecular formula is C25H40O5Si. The monoisotopic (exact) mass is 448 g/mol. The summed E-state index contributed by atoms with van der Waals surface area (Å²) in [6, 6.07) is 0. The number of ketones is 1. The van der Waals surface area contributed by atoms with E-state index < -0.39 is 14.1 Å². The summed E-state index contributed by atoms with van der Waals surface area (Å²) in [7, 11) is -0.0869. The molecule has 6 atom stereocenters. The zero-order valence-corrected chi connectivity index (χ0v) is 21.7. The van der Waals surface area contributed by atoms with E-state index in [2.05, 4.69) is 46.5 Å². The highest BCUT2D eigenvalue weighted by atomic mass is 28.4. The van der Waals surface area contributed by atoms with Gasteiger partial charge in [0.2, 0.25) is 8.32 Å². The number of Topliss-reactive ketones (excluding diaryl/α,β-unsaturated/α-hetero) is 1. The second kappa shape index (κ2) is 7.54. The Morgan fingerprint density at radius 3 is 2.42 bits per heavy atom. The fraction of sp³-hybridized carbons (Fsp3) is 0.800. The minimum Gasteiger partial charge on any atom is -0.547 e. The Kier molecular flexibility index (Phi) is 5.65. The normalized spacial score (nSPS) is 39.3. The molecule has 0 aromatic rings. The van der Waals surface area contributed by atoms with Crippen LogP contribution >= 0.6 is 0 Å². The van der Waals surface area contributed by atoms with Crippen molar-refractivity contribution < 1.29 is 23.4 Å². The molecule has 5 nitrogen and oxygen atoms in total. The van der Waals surface area contributed by atoms with Crippen molar-refractivity contribution in [1.82, 2.24) is 0 Å². The third kappa shape index (κ3) is 3.98. The molecule has 4 rings (SSSR count). The first kappa shape index (κ1) is 23.2. The second-order valence-electron chi connectivity index (χ2n) is 11.9. The number of carbonyl (C=O) groups is 1. The van der Waals surface area contributed by atoms with Crippen LogP contribution in [0.4, 0.5) is 0 Å². The molecule has 0 radical (unpaired) electrons. The summed E-state index contributed by atoms with van der Waals surface area (Å²) >= 11 is 0. The number of hydrogen-bond acceptors (Lipinski definition) is 5. The predicted octanol–water partition coefficient (Wildman–Crippen LogP) is 5.23. The van der Waals surface area contributed by atoms with Gasteiger partial charge in [-0.25, -0.2) is 0 Å². The summed E-state index contributed by atoms with van der Waals surface area (Å²) in [4.78, 5) is 14.1. The van der Waals surface area contributed by atoms with Gasteiger partial charge in [-0.3, -0.25) is 4.79 Å². The van der Waals surface area contributed by atoms with Gasteiger partial charge < -0.3 is 18.6 Å². The molecule has 174 valence electrons. The molecule has 2 bridgehead atoms. The molecule has 1 saturated carbocycles. The Balaban J connectivity index is 1.86. The predicted molar refractivity (Wildman–Crippen MR) is 123 cm³/mol. The third-order valence-electron chi connectivity index (χ3n) is 7.65. The van der Waals surface area contributed by atoms with Gasteiger partial charge in [0.25, 0.3) is 0 Å². The molecule has 0 spiro atoms. The highest BCUT2D eigenvalue weighted by Gasteiger charge is 2.60. The van der Waals surface area contributed by atoms with E-state index in [-0.39, 0.29) is 41.5 Å². The smallest absolute Gasteiger partial charge is 0.241 e. The number of methoxy groups -OCH3 is 1. The van der Waals surface area contributed by atoms with Crippen molar-refractivity contribution in [3.8, 4) is 0 Å². The number of hydrogen-bond donors (Lipinski definition) is 0. The molecule has 0 N–H and O–H groups in total. The zero-order valence-electron chi connectivity index (χ0n) is 20.7. The maximum absolute atomic E-state index is 14.1. The number of fused-ring (bicyclic) bond motifs is 6. The minimum atomic E-state index is -1.79. The van der Waals surface area contributed by atoms with Crippen LogP contribution in [0.5, 0.6) is 0 Å². The second-order valence-corrected chi connectivity index (χ2v) is 16.3. The molecule has 31 heavy (non-hydrogen) atoms. The summed E-state index contributed by atoms with van der Waals surface area (Å²) < 4.78 is 25.5. The summed E-state index contributed by atoms with van der Waals surface area (Å²) in [5.74, 6) is 0.281. The lowest BCUT2D eigenvalue weighted by molar-refractivity contribution is -0.157. The topological polar surface area (TPSA) is 54.0 Å². The quantitative estimate of drug-likeness (QED) is 0.437. The van der Waals surface area contributed by atoms with Crippen molar-refractivity contribution >= 4 is 14.1 Å². The fourth-order valence-corrected chi connectivity index (χ4v) is 7.53. The molecule has 3 aliphatic carbocycles. The van der Waals surface area contributed by atoms with Gasteiger partial charge in [-0.2, -0.15) is 0 Å². The summed E-state index contributed by atoms with van der Waals surface area (Å²) in [6.07, 6.45) is 3.96. The van der Waals surface area contributed by atoms with E-state index in [4.69, 9.17) is 18.6 Å². The van der Waals surface area contributed by atoms with Crippen molar-refractivity contribution in [2.45, 2.75) is 97.6 Å². The summed E-state index contributed by atoms with van der Waals surface area (Å²) in [6.45, 7) is 17.2. The van der Waals surface area contributed by atoms with E-state index in [0.717, 1.165) is 18.6 Å². The average molecular weight is 449 g/mol. The van der Waals surface area contributed by atoms with E-state index in [1.54, 1.807) is 7.11 Å². The first-order valence-electron chi connectivity index (χ1n) is 11.8. The van der Waals surface area contributed by atoms with Crippen LogP contribution in [0, 0.1) is 23.2 Å². The van der Waals surface area contributed by atoms with Gasteiger partial charge >= 0.3 is 0 Å². The van der Waals surface area contributed by atoms with Gasteiger partial charge in [0.05, 0.1) is 23.9 Å². The minimum absolute atomic E-state index is 0.0277. The van der Waals surface area contributed by atoms with Crippen LogP contribution in [-0.4, -0.2) is 45.3 Å². The van der Waals surface area contributed by atoms with Gasteiger partial charge in [0, 0.05) is 25.4 Å². The van der Waals surface area contributed by atoms with Crippen molar-refractivity contribution in [3.63, 3.8) is 0 Å². The van der Waals surface area contributed by atoms with Crippen molar-refractivity contribution in [1.29, 1.82) is 0 Å². The Morgan fingerprint density at radius 1 is 1.13 bits per heavy atom. The van der Waals surface area contributed by atoms with Gasteiger partial charge in [-0.1, -0.05) is 19.4 Å². The number of allylic oxidation sites excluding steroid dienone is 2. The number of ether oxygens (including phenoxy) is 3. The zero-order chi connectivity index (χ0) is 22.9. The van der Waals surface area contributed by atoms with Crippen molar-refractivity contribution in [2.24, 2.45) is 23.2 Å². The van der Waals surface area contributed by atoms with Gasteiger partial charge in [0.15, 0.2) is 5.79 Å². The van der Waals surface area contributed by atoms with Gasteiger partial charge in [-0.05, 0) is 70.3 Å². The van der Waals surface area contributed by atoms with Crippen LogP contribution in [0.25, 0.3) is 0 Å². The first-order valence-corrected chi connectivity index (χ1v) is 15.2. The SMILES string of the molecule is COC1C=C(O[Si](C)(C)C)C[C@H]2[C@H]3OC(C)(C)O[C@H]3C3=C(C)CC[C@@H](C(=O)[C@H]12)C3(C)C. The van der Waals surface area contributed by atoms with Crippen LogP contribution in [0.2, 0.25) is 19.6 Å². The Morgan fingerprint density at radius 2 is 1.81 bits per heavy atom. The largest absolute Gasteiger partial charge is 0.547 e. The number of carbonyl (C=O) groups excluding carboxylic acids is 1. The lowest BCUT2D eigenvalue weighted by atomic mass is 9.55. The lowest BCUT2D eigenvalue weighted by Gasteiger charge is -2.50. The third-order valence-corrected chi connectivity index (χ3v) is 8.53. The molecule has 0 amide bonds. The maximum atomic E-state index is 14.1. The first-order chi connectivity index (χ1) is 14.2. The van der Waals surface area contributed by atoms with Crippen molar-refractivity contribution in [2.75, 3.05) is 7.11 Å². The van der Waals surface area contributed by atoms with E-state index in [1.165, 1.54) is 11.1 Å². The Bertz CT molecular complexity index is 818. The van der Waals surface area contributed by atoms with Gasteiger partial charge in [-0.15, -0.1) is 0 Å². The van der Waals surface area contributed by atoms with E-state index in [0.29, 0.717) is 12.2 Å². The molecule has 6 heteroatoms. The molecule has 4 aliphatic rings. The molecule has 1 aliphatic heterocycles. The van der Waals surface area contributed by atoms with Gasteiger partial charge in [0.1, 0.15) is 11.9 Å². The summed E-state index contributed by atoms with van der Waals surface area (Å²) in [5.41, 5.74) is 2.38. The molecule has 1 heterocycles. The molecule has 0 aromatic carbocycles. The number of rotatable bonds is 3. The van der Waals surface area contributed by atoms with Crippen molar-refractivity contribution in [3.05, 3.63) is 23.0 Å². The molecule has 1 unspecified atom stereocenters. The fourth-order valence-electron chi connectivity index (χ4n) is 6.59. The Hall–Kier alpha value is -0.953. The van der Waals surface area contributed by atoms with E-state index in [1.807, 2.05) is 13.8 Å². The molecule has 1 saturated heterocycles. The van der Waals surface area contributed by atoms with Crippen LogP contribution in [0.15, 0.2) is 23.0 Å². The van der Waals surface area contributed by atoms with Crippen LogP contribution in [0.3, 0.4) is 0 Å². The molecular weight excluding hydrogens is 408 g/mol. The van der Waals surface area contributed by atoms with E-state index in [9.17, 15) is 4.79 Å². The highest BCUT2D eigenvalue weighted by molar-refractivity contribution is 6.70. The maximum Gasteiger partial charge on any atom is 0.241 e. The van der Waals surface area contributed by atoms with Crippen LogP contribution in [-0.2, 0) is 23.4 Å². The molecule has 0 aromatic heterocycles. The average Bonchev–Trinajstić information content (AvgIpc) is 2.92. The highest BCUT2D eigenvalue weighted by Crippen LogP contribution is 2.56.